The second-order valence-electron chi connectivity index (χ2n) is 8.17. The number of amides is 2. The molecule has 1 aliphatic carbocycles. The molecule has 0 spiro atoms. The van der Waals surface area contributed by atoms with Crippen molar-refractivity contribution in [1.29, 1.82) is 0 Å². The van der Waals surface area contributed by atoms with Crippen molar-refractivity contribution in [2.45, 2.75) is 64.7 Å². The van der Waals surface area contributed by atoms with Crippen LogP contribution in [0.4, 0.5) is 0 Å². The number of H-pyrrole nitrogens is 1. The molecular formula is C20H31BrN4O2. The zero-order valence-corrected chi connectivity index (χ0v) is 18.1. The summed E-state index contributed by atoms with van der Waals surface area (Å²) in [5, 5.41) is 7.16. The molecule has 150 valence electrons. The Morgan fingerprint density at radius 3 is 2.33 bits per heavy atom. The maximum atomic E-state index is 12.8. The molecule has 1 N–H and O–H groups in total. The molecule has 1 aromatic heterocycles. The fourth-order valence-electron chi connectivity index (χ4n) is 4.14. The van der Waals surface area contributed by atoms with Crippen molar-refractivity contribution in [1.82, 2.24) is 20.0 Å². The third-order valence-electron chi connectivity index (χ3n) is 5.92. The number of hydrogen-bond donors (Lipinski definition) is 1. The molecule has 7 heteroatoms. The number of aromatic amines is 1. The lowest BCUT2D eigenvalue weighted by atomic mass is 9.86. The summed E-state index contributed by atoms with van der Waals surface area (Å²) in [7, 11) is 0. The number of piperazine rings is 1. The normalized spacial score (nSPS) is 19.0. The maximum Gasteiger partial charge on any atom is 0.275 e. The number of hydrogen-bond acceptors (Lipinski definition) is 3. The molecule has 2 heterocycles. The molecule has 0 atom stereocenters. The van der Waals surface area contributed by atoms with Gasteiger partial charge in [-0.3, -0.25) is 14.7 Å². The van der Waals surface area contributed by atoms with Crippen LogP contribution in [0.5, 0.6) is 0 Å². The first kappa shape index (κ1) is 20.4. The summed E-state index contributed by atoms with van der Waals surface area (Å²) in [6.45, 7) is 6.51. The Balaban J connectivity index is 1.48. The van der Waals surface area contributed by atoms with Crippen LogP contribution in [0.3, 0.4) is 0 Å². The lowest BCUT2D eigenvalue weighted by Crippen LogP contribution is -2.50. The highest BCUT2D eigenvalue weighted by atomic mass is 79.9. The maximum absolute atomic E-state index is 12.8. The largest absolute Gasteiger partial charge is 0.339 e. The molecule has 0 unspecified atom stereocenters. The smallest absolute Gasteiger partial charge is 0.275 e. The van der Waals surface area contributed by atoms with Crippen LogP contribution in [0.2, 0.25) is 0 Å². The Labute approximate surface area is 170 Å². The molecule has 1 saturated carbocycles. The predicted octanol–water partition coefficient (Wildman–Crippen LogP) is 3.94. The molecule has 1 aliphatic heterocycles. The third kappa shape index (κ3) is 4.92. The van der Waals surface area contributed by atoms with Crippen LogP contribution < -0.4 is 0 Å². The SMILES string of the molecule is CC(C)c1[nH]nc(C(=O)N2CCN(C(=O)CCC3CCCCC3)CC2)c1Br. The Hall–Kier alpha value is -1.37. The van der Waals surface area contributed by atoms with E-state index in [1.54, 1.807) is 4.90 Å². The molecule has 0 bridgehead atoms. The summed E-state index contributed by atoms with van der Waals surface area (Å²) in [5.41, 5.74) is 1.38. The first-order chi connectivity index (χ1) is 13.0. The van der Waals surface area contributed by atoms with Crippen LogP contribution in [0.25, 0.3) is 0 Å². The Bertz CT molecular complexity index is 659. The van der Waals surface area contributed by atoms with Gasteiger partial charge in [0, 0.05) is 32.6 Å². The van der Waals surface area contributed by atoms with Crippen molar-refractivity contribution in [2.24, 2.45) is 5.92 Å². The van der Waals surface area contributed by atoms with Gasteiger partial charge in [-0.15, -0.1) is 0 Å². The summed E-state index contributed by atoms with van der Waals surface area (Å²) < 4.78 is 0.758. The van der Waals surface area contributed by atoms with Crippen LogP contribution in [0.1, 0.15) is 80.9 Å². The molecule has 0 aromatic carbocycles. The molecule has 6 nitrogen and oxygen atoms in total. The fourth-order valence-corrected chi connectivity index (χ4v) is 4.94. The summed E-state index contributed by atoms with van der Waals surface area (Å²) in [6.07, 6.45) is 8.24. The van der Waals surface area contributed by atoms with Gasteiger partial charge in [-0.2, -0.15) is 5.10 Å². The Kier molecular flexibility index (Phi) is 6.95. The van der Waals surface area contributed by atoms with Crippen LogP contribution in [0.15, 0.2) is 4.47 Å². The first-order valence-electron chi connectivity index (χ1n) is 10.3. The number of nitrogens with one attached hydrogen (secondary N) is 1. The monoisotopic (exact) mass is 438 g/mol. The minimum atomic E-state index is -0.0701. The second-order valence-corrected chi connectivity index (χ2v) is 8.96. The molecule has 2 fully saturated rings. The van der Waals surface area contributed by atoms with Gasteiger partial charge in [0.15, 0.2) is 5.69 Å². The van der Waals surface area contributed by atoms with E-state index in [1.807, 2.05) is 4.90 Å². The van der Waals surface area contributed by atoms with E-state index in [2.05, 4.69) is 40.0 Å². The van der Waals surface area contributed by atoms with Gasteiger partial charge in [0.25, 0.3) is 5.91 Å². The lowest BCUT2D eigenvalue weighted by Gasteiger charge is -2.35. The number of rotatable bonds is 5. The zero-order chi connectivity index (χ0) is 19.4. The summed E-state index contributed by atoms with van der Waals surface area (Å²) in [5.74, 6) is 1.18. The fraction of sp³-hybridized carbons (Fsp3) is 0.750. The van der Waals surface area contributed by atoms with E-state index in [1.165, 1.54) is 32.1 Å². The van der Waals surface area contributed by atoms with Crippen molar-refractivity contribution in [3.63, 3.8) is 0 Å². The van der Waals surface area contributed by atoms with Crippen molar-refractivity contribution < 1.29 is 9.59 Å². The first-order valence-corrected chi connectivity index (χ1v) is 11.1. The van der Waals surface area contributed by atoms with E-state index in [9.17, 15) is 9.59 Å². The van der Waals surface area contributed by atoms with Crippen molar-refractivity contribution in [2.75, 3.05) is 26.2 Å². The van der Waals surface area contributed by atoms with Gasteiger partial charge in [0.2, 0.25) is 5.91 Å². The number of halogens is 1. The lowest BCUT2D eigenvalue weighted by molar-refractivity contribution is -0.133. The van der Waals surface area contributed by atoms with E-state index in [0.717, 1.165) is 22.5 Å². The minimum absolute atomic E-state index is 0.0701. The van der Waals surface area contributed by atoms with E-state index in [0.29, 0.717) is 38.3 Å². The quantitative estimate of drug-likeness (QED) is 0.756. The molecule has 27 heavy (non-hydrogen) atoms. The summed E-state index contributed by atoms with van der Waals surface area (Å²) in [4.78, 5) is 29.0. The van der Waals surface area contributed by atoms with Crippen LogP contribution >= 0.6 is 15.9 Å². The summed E-state index contributed by atoms with van der Waals surface area (Å²) >= 11 is 3.51. The third-order valence-corrected chi connectivity index (χ3v) is 6.73. The molecule has 1 saturated heterocycles. The van der Waals surface area contributed by atoms with E-state index in [4.69, 9.17) is 0 Å². The van der Waals surface area contributed by atoms with E-state index < -0.39 is 0 Å². The van der Waals surface area contributed by atoms with Gasteiger partial charge in [0.1, 0.15) is 0 Å². The van der Waals surface area contributed by atoms with Crippen LogP contribution in [-0.2, 0) is 4.79 Å². The molecule has 0 radical (unpaired) electrons. The van der Waals surface area contributed by atoms with E-state index in [-0.39, 0.29) is 17.7 Å². The van der Waals surface area contributed by atoms with Crippen molar-refractivity contribution >= 4 is 27.7 Å². The van der Waals surface area contributed by atoms with Gasteiger partial charge < -0.3 is 9.80 Å². The van der Waals surface area contributed by atoms with Crippen LogP contribution in [0, 0.1) is 5.92 Å². The molecule has 2 amide bonds. The molecule has 2 aliphatic rings. The number of aromatic nitrogens is 2. The van der Waals surface area contributed by atoms with Gasteiger partial charge in [-0.05, 0) is 34.2 Å². The molecule has 3 rings (SSSR count). The highest BCUT2D eigenvalue weighted by Crippen LogP contribution is 2.28. The second kappa shape index (κ2) is 9.22. The Morgan fingerprint density at radius 1 is 1.11 bits per heavy atom. The zero-order valence-electron chi connectivity index (χ0n) is 16.5. The molecule has 1 aromatic rings. The Morgan fingerprint density at radius 2 is 1.74 bits per heavy atom. The predicted molar refractivity (Wildman–Crippen MR) is 109 cm³/mol. The number of carbonyl (C=O) groups excluding carboxylic acids is 2. The average molecular weight is 439 g/mol. The topological polar surface area (TPSA) is 69.3 Å². The van der Waals surface area contributed by atoms with Gasteiger partial charge in [0.05, 0.1) is 10.2 Å². The van der Waals surface area contributed by atoms with E-state index >= 15 is 0 Å². The minimum Gasteiger partial charge on any atom is -0.339 e. The number of nitrogens with zero attached hydrogens (tertiary/aromatic N) is 3. The van der Waals surface area contributed by atoms with Gasteiger partial charge in [-0.1, -0.05) is 46.0 Å². The number of carbonyl (C=O) groups is 2. The standard InChI is InChI=1S/C20H31BrN4O2/c1-14(2)18-17(21)19(23-22-18)20(27)25-12-10-24(11-13-25)16(26)9-8-15-6-4-3-5-7-15/h14-15H,3-13H2,1-2H3,(H,22,23). The molecular weight excluding hydrogens is 408 g/mol. The average Bonchev–Trinajstić information content (AvgIpc) is 3.08. The highest BCUT2D eigenvalue weighted by Gasteiger charge is 2.28. The van der Waals surface area contributed by atoms with Crippen molar-refractivity contribution in [3.8, 4) is 0 Å². The summed E-state index contributed by atoms with van der Waals surface area (Å²) in [6, 6.07) is 0. The van der Waals surface area contributed by atoms with Gasteiger partial charge >= 0.3 is 0 Å². The van der Waals surface area contributed by atoms with Gasteiger partial charge in [-0.25, -0.2) is 0 Å². The highest BCUT2D eigenvalue weighted by molar-refractivity contribution is 9.10. The van der Waals surface area contributed by atoms with Crippen LogP contribution in [-0.4, -0.2) is 58.0 Å². The van der Waals surface area contributed by atoms with Crippen molar-refractivity contribution in [3.05, 3.63) is 15.9 Å².